The Morgan fingerprint density at radius 2 is 1.61 bits per heavy atom. The van der Waals surface area contributed by atoms with Gasteiger partial charge in [0.2, 0.25) is 5.91 Å². The second-order valence-electron chi connectivity index (χ2n) is 7.01. The van der Waals surface area contributed by atoms with E-state index in [2.05, 4.69) is 46.0 Å². The number of nitrogens with one attached hydrogen (secondary N) is 2. The first-order chi connectivity index (χ1) is 15.2. The standard InChI is InChI=1S/C25H24N4OS/c1-3-29-23-12-8-7-11-22(23)26-25(29)31-17-24(30)28-27-18(2)19-13-15-21(16-14-19)20-9-5-4-6-10-20/h4-16,27H,2-3,17H2,1H3,(H,28,30). The lowest BCUT2D eigenvalue weighted by atomic mass is 10.0. The highest BCUT2D eigenvalue weighted by Crippen LogP contribution is 2.24. The molecule has 2 N–H and O–H groups in total. The van der Waals surface area contributed by atoms with Gasteiger partial charge in [-0.2, -0.15) is 0 Å². The van der Waals surface area contributed by atoms with Crippen LogP contribution < -0.4 is 10.9 Å². The van der Waals surface area contributed by atoms with Crippen molar-refractivity contribution < 1.29 is 4.79 Å². The van der Waals surface area contributed by atoms with Gasteiger partial charge in [-0.1, -0.05) is 85.1 Å². The number of para-hydroxylation sites is 2. The molecule has 4 aromatic rings. The first kappa shape index (κ1) is 20.8. The average molecular weight is 429 g/mol. The number of imidazole rings is 1. The summed E-state index contributed by atoms with van der Waals surface area (Å²) >= 11 is 1.42. The molecule has 0 bridgehead atoms. The fourth-order valence-electron chi connectivity index (χ4n) is 3.35. The van der Waals surface area contributed by atoms with Crippen LogP contribution in [0.15, 0.2) is 90.6 Å². The van der Waals surface area contributed by atoms with Crippen molar-refractivity contribution in [1.82, 2.24) is 20.4 Å². The number of hydrazine groups is 1. The number of carbonyl (C=O) groups excluding carboxylic acids is 1. The Hall–Kier alpha value is -3.51. The molecule has 1 amide bonds. The topological polar surface area (TPSA) is 58.9 Å². The van der Waals surface area contributed by atoms with Crippen molar-refractivity contribution in [3.63, 3.8) is 0 Å². The van der Waals surface area contributed by atoms with Crippen molar-refractivity contribution in [2.24, 2.45) is 0 Å². The van der Waals surface area contributed by atoms with Crippen LogP contribution >= 0.6 is 11.8 Å². The van der Waals surface area contributed by atoms with E-state index < -0.39 is 0 Å². The summed E-state index contributed by atoms with van der Waals surface area (Å²) in [4.78, 5) is 17.0. The number of aryl methyl sites for hydroxylation is 1. The summed E-state index contributed by atoms with van der Waals surface area (Å²) in [7, 11) is 0. The van der Waals surface area contributed by atoms with Gasteiger partial charge in [0.15, 0.2) is 5.16 Å². The quantitative estimate of drug-likeness (QED) is 0.303. The van der Waals surface area contributed by atoms with Gasteiger partial charge in [0.1, 0.15) is 0 Å². The number of hydrogen-bond donors (Lipinski definition) is 2. The number of fused-ring (bicyclic) bond motifs is 1. The minimum absolute atomic E-state index is 0.137. The third kappa shape index (κ3) is 4.81. The number of benzene rings is 3. The molecular weight excluding hydrogens is 404 g/mol. The summed E-state index contributed by atoms with van der Waals surface area (Å²) in [6.45, 7) is 6.91. The second-order valence-corrected chi connectivity index (χ2v) is 7.95. The Morgan fingerprint density at radius 1 is 0.935 bits per heavy atom. The van der Waals surface area contributed by atoms with Crippen LogP contribution in [-0.2, 0) is 11.3 Å². The molecule has 0 spiro atoms. The van der Waals surface area contributed by atoms with Gasteiger partial charge in [0.05, 0.1) is 22.5 Å². The van der Waals surface area contributed by atoms with Crippen molar-refractivity contribution in [1.29, 1.82) is 0 Å². The maximum Gasteiger partial charge on any atom is 0.248 e. The molecule has 4 rings (SSSR count). The third-order valence-electron chi connectivity index (χ3n) is 4.96. The predicted molar refractivity (Wildman–Crippen MR) is 128 cm³/mol. The van der Waals surface area contributed by atoms with E-state index in [1.807, 2.05) is 66.7 Å². The van der Waals surface area contributed by atoms with Crippen LogP contribution in [0.2, 0.25) is 0 Å². The number of carbonyl (C=O) groups is 1. The van der Waals surface area contributed by atoms with Crippen LogP contribution in [0.3, 0.4) is 0 Å². The summed E-state index contributed by atoms with van der Waals surface area (Å²) in [5, 5.41) is 0.842. The zero-order valence-electron chi connectivity index (χ0n) is 17.3. The fourth-order valence-corrected chi connectivity index (χ4v) is 4.23. The Labute approximate surface area is 186 Å². The van der Waals surface area contributed by atoms with Gasteiger partial charge in [-0.05, 0) is 35.7 Å². The maximum atomic E-state index is 12.3. The van der Waals surface area contributed by atoms with Gasteiger partial charge in [-0.3, -0.25) is 15.6 Å². The fraction of sp³-hybridized carbons (Fsp3) is 0.120. The smallest absolute Gasteiger partial charge is 0.248 e. The molecule has 0 aliphatic carbocycles. The molecule has 0 saturated carbocycles. The molecule has 0 aliphatic rings. The van der Waals surface area contributed by atoms with Crippen molar-refractivity contribution in [3.8, 4) is 11.1 Å². The van der Waals surface area contributed by atoms with Gasteiger partial charge in [0, 0.05) is 6.54 Å². The number of nitrogens with zero attached hydrogens (tertiary/aromatic N) is 2. The lowest BCUT2D eigenvalue weighted by molar-refractivity contribution is -0.119. The number of rotatable bonds is 8. The Kier molecular flexibility index (Phi) is 6.38. The summed E-state index contributed by atoms with van der Waals surface area (Å²) in [6, 6.07) is 26.3. The molecule has 0 atom stereocenters. The molecule has 0 unspecified atom stereocenters. The van der Waals surface area contributed by atoms with Gasteiger partial charge in [-0.15, -0.1) is 0 Å². The SMILES string of the molecule is C=C(NNC(=O)CSc1nc2ccccc2n1CC)c1ccc(-c2ccccc2)cc1. The van der Waals surface area contributed by atoms with Crippen molar-refractivity contribution in [2.75, 3.05) is 5.75 Å². The molecular formula is C25H24N4OS. The lowest BCUT2D eigenvalue weighted by Gasteiger charge is -2.12. The molecule has 3 aromatic carbocycles. The number of hydrogen-bond acceptors (Lipinski definition) is 4. The van der Waals surface area contributed by atoms with Gasteiger partial charge < -0.3 is 4.57 Å². The molecule has 1 heterocycles. The van der Waals surface area contributed by atoms with Gasteiger partial charge in [0.25, 0.3) is 0 Å². The van der Waals surface area contributed by atoms with Crippen LogP contribution in [0, 0.1) is 0 Å². The van der Waals surface area contributed by atoms with E-state index >= 15 is 0 Å². The van der Waals surface area contributed by atoms with E-state index in [9.17, 15) is 4.79 Å². The minimum atomic E-state index is -0.137. The van der Waals surface area contributed by atoms with Crippen molar-refractivity contribution >= 4 is 34.4 Å². The van der Waals surface area contributed by atoms with E-state index in [-0.39, 0.29) is 11.7 Å². The molecule has 5 nitrogen and oxygen atoms in total. The Bertz CT molecular complexity index is 1200. The monoisotopic (exact) mass is 428 g/mol. The van der Waals surface area contributed by atoms with Crippen LogP contribution in [0.4, 0.5) is 0 Å². The van der Waals surface area contributed by atoms with Crippen LogP contribution in [0.1, 0.15) is 12.5 Å². The average Bonchev–Trinajstić information content (AvgIpc) is 3.19. The second kappa shape index (κ2) is 9.53. The van der Waals surface area contributed by atoms with Gasteiger partial charge >= 0.3 is 0 Å². The van der Waals surface area contributed by atoms with Crippen LogP contribution in [-0.4, -0.2) is 21.2 Å². The van der Waals surface area contributed by atoms with Gasteiger partial charge in [-0.25, -0.2) is 4.98 Å². The minimum Gasteiger partial charge on any atom is -0.319 e. The highest BCUT2D eigenvalue weighted by atomic mass is 32.2. The largest absolute Gasteiger partial charge is 0.319 e. The van der Waals surface area contributed by atoms with Crippen molar-refractivity contribution in [2.45, 2.75) is 18.6 Å². The van der Waals surface area contributed by atoms with E-state index in [1.54, 1.807) is 0 Å². The molecule has 0 fully saturated rings. The zero-order chi connectivity index (χ0) is 21.6. The van der Waals surface area contributed by atoms with Crippen molar-refractivity contribution in [3.05, 3.63) is 91.0 Å². The molecule has 0 aliphatic heterocycles. The first-order valence-electron chi connectivity index (χ1n) is 10.1. The summed E-state index contributed by atoms with van der Waals surface area (Å²) in [5.74, 6) is 0.123. The summed E-state index contributed by atoms with van der Waals surface area (Å²) in [5.41, 5.74) is 11.5. The lowest BCUT2D eigenvalue weighted by Crippen LogP contribution is -2.37. The van der Waals surface area contributed by atoms with E-state index in [0.29, 0.717) is 5.70 Å². The summed E-state index contributed by atoms with van der Waals surface area (Å²) < 4.78 is 2.12. The molecule has 31 heavy (non-hydrogen) atoms. The maximum absolute atomic E-state index is 12.3. The van der Waals surface area contributed by atoms with Crippen LogP contribution in [0.5, 0.6) is 0 Å². The van der Waals surface area contributed by atoms with E-state index in [4.69, 9.17) is 0 Å². The Balaban J connectivity index is 1.31. The number of thioether (sulfide) groups is 1. The van der Waals surface area contributed by atoms with Crippen LogP contribution in [0.25, 0.3) is 27.9 Å². The summed E-state index contributed by atoms with van der Waals surface area (Å²) in [6.07, 6.45) is 0. The highest BCUT2D eigenvalue weighted by molar-refractivity contribution is 7.99. The number of amides is 1. The Morgan fingerprint density at radius 3 is 2.35 bits per heavy atom. The first-order valence-corrected chi connectivity index (χ1v) is 11.1. The van der Waals surface area contributed by atoms with E-state index in [1.165, 1.54) is 11.8 Å². The van der Waals surface area contributed by atoms with E-state index in [0.717, 1.165) is 39.4 Å². The third-order valence-corrected chi connectivity index (χ3v) is 5.94. The highest BCUT2D eigenvalue weighted by Gasteiger charge is 2.12. The normalized spacial score (nSPS) is 10.7. The molecule has 0 saturated heterocycles. The molecule has 0 radical (unpaired) electrons. The number of aromatic nitrogens is 2. The molecule has 156 valence electrons. The molecule has 1 aromatic heterocycles. The zero-order valence-corrected chi connectivity index (χ0v) is 18.2. The predicted octanol–water partition coefficient (Wildman–Crippen LogP) is 5.11. The molecule has 6 heteroatoms.